The lowest BCUT2D eigenvalue weighted by Crippen LogP contribution is -2.08. The van der Waals surface area contributed by atoms with Crippen molar-refractivity contribution in [3.63, 3.8) is 0 Å². The van der Waals surface area contributed by atoms with E-state index in [4.69, 9.17) is 4.74 Å². The van der Waals surface area contributed by atoms with Crippen molar-refractivity contribution in [2.45, 2.75) is 6.92 Å². The summed E-state index contributed by atoms with van der Waals surface area (Å²) < 4.78 is 5.46. The van der Waals surface area contributed by atoms with E-state index in [1.165, 1.54) is 26.2 Å². The first-order chi connectivity index (χ1) is 7.45. The number of amides is 1. The summed E-state index contributed by atoms with van der Waals surface area (Å²) in [7, 11) is 1.40. The molecule has 1 aromatic carbocycles. The van der Waals surface area contributed by atoms with Gasteiger partial charge in [0.15, 0.2) is 0 Å². The molecule has 0 aliphatic rings. The minimum atomic E-state index is -0.583. The van der Waals surface area contributed by atoms with Gasteiger partial charge in [0.05, 0.1) is 22.6 Å². The summed E-state index contributed by atoms with van der Waals surface area (Å²) in [5.74, 6) is -0.0408. The Labute approximate surface area is 99.9 Å². The van der Waals surface area contributed by atoms with Crippen LogP contribution < -0.4 is 10.1 Å². The van der Waals surface area contributed by atoms with Crippen LogP contribution in [0, 0.1) is 10.1 Å². The van der Waals surface area contributed by atoms with E-state index in [1.54, 1.807) is 0 Å². The van der Waals surface area contributed by atoms with Gasteiger partial charge in [-0.2, -0.15) is 0 Å². The van der Waals surface area contributed by atoms with Crippen LogP contribution in [0.25, 0.3) is 0 Å². The SMILES string of the molecule is COc1cc([N+](=O)[O-])c(NC(C)=O)cc1Br. The standard InChI is InChI=1S/C9H9BrN2O4/c1-5(13)11-7-3-6(10)9(16-2)4-8(7)12(14)15/h3-4H,1-2H3,(H,11,13). The van der Waals surface area contributed by atoms with E-state index in [0.717, 1.165) is 0 Å². The van der Waals surface area contributed by atoms with Crippen LogP contribution >= 0.6 is 15.9 Å². The van der Waals surface area contributed by atoms with Crippen molar-refractivity contribution in [1.29, 1.82) is 0 Å². The monoisotopic (exact) mass is 288 g/mol. The van der Waals surface area contributed by atoms with Crippen LogP contribution in [0.4, 0.5) is 11.4 Å². The Morgan fingerprint density at radius 1 is 1.56 bits per heavy atom. The van der Waals surface area contributed by atoms with Crippen LogP contribution in [-0.4, -0.2) is 17.9 Å². The molecule has 0 aliphatic carbocycles. The highest BCUT2D eigenvalue weighted by atomic mass is 79.9. The molecule has 0 fully saturated rings. The van der Waals surface area contributed by atoms with Gasteiger partial charge in [-0.05, 0) is 22.0 Å². The van der Waals surface area contributed by atoms with Crippen LogP contribution in [0.2, 0.25) is 0 Å². The van der Waals surface area contributed by atoms with Gasteiger partial charge in [-0.25, -0.2) is 0 Å². The second kappa shape index (κ2) is 4.93. The molecule has 0 heterocycles. The van der Waals surface area contributed by atoms with E-state index in [-0.39, 0.29) is 17.3 Å². The molecule has 0 aliphatic heterocycles. The van der Waals surface area contributed by atoms with E-state index in [9.17, 15) is 14.9 Å². The highest BCUT2D eigenvalue weighted by Gasteiger charge is 2.18. The average Bonchev–Trinajstić information content (AvgIpc) is 2.16. The molecule has 1 N–H and O–H groups in total. The third kappa shape index (κ3) is 2.69. The lowest BCUT2D eigenvalue weighted by atomic mass is 10.2. The highest BCUT2D eigenvalue weighted by molar-refractivity contribution is 9.10. The fourth-order valence-electron chi connectivity index (χ4n) is 1.14. The molecule has 1 aromatic rings. The van der Waals surface area contributed by atoms with Crippen molar-refractivity contribution < 1.29 is 14.5 Å². The zero-order valence-electron chi connectivity index (χ0n) is 8.61. The third-order valence-electron chi connectivity index (χ3n) is 1.78. The highest BCUT2D eigenvalue weighted by Crippen LogP contribution is 2.35. The molecule has 1 rings (SSSR count). The molecular weight excluding hydrogens is 280 g/mol. The molecule has 0 saturated carbocycles. The van der Waals surface area contributed by atoms with Gasteiger partial charge in [0.1, 0.15) is 11.4 Å². The average molecular weight is 289 g/mol. The van der Waals surface area contributed by atoms with Gasteiger partial charge < -0.3 is 10.1 Å². The zero-order chi connectivity index (χ0) is 12.3. The fraction of sp³-hybridized carbons (Fsp3) is 0.222. The Morgan fingerprint density at radius 3 is 2.62 bits per heavy atom. The van der Waals surface area contributed by atoms with Crippen LogP contribution in [0.3, 0.4) is 0 Å². The Morgan fingerprint density at radius 2 is 2.19 bits per heavy atom. The number of nitrogens with one attached hydrogen (secondary N) is 1. The van der Waals surface area contributed by atoms with Gasteiger partial charge in [-0.15, -0.1) is 0 Å². The first-order valence-corrected chi connectivity index (χ1v) is 5.04. The van der Waals surface area contributed by atoms with Gasteiger partial charge >= 0.3 is 0 Å². The Kier molecular flexibility index (Phi) is 3.83. The van der Waals surface area contributed by atoms with Crippen molar-refractivity contribution in [3.05, 3.63) is 26.7 Å². The van der Waals surface area contributed by atoms with E-state index in [0.29, 0.717) is 10.2 Å². The molecule has 0 spiro atoms. The second-order valence-electron chi connectivity index (χ2n) is 2.94. The largest absolute Gasteiger partial charge is 0.495 e. The maximum absolute atomic E-state index is 10.9. The number of nitro groups is 1. The van der Waals surface area contributed by atoms with Crippen molar-refractivity contribution in [2.24, 2.45) is 0 Å². The summed E-state index contributed by atoms with van der Waals surface area (Å²) in [6.07, 6.45) is 0. The number of rotatable bonds is 3. The molecule has 16 heavy (non-hydrogen) atoms. The molecule has 6 nitrogen and oxygen atoms in total. The quantitative estimate of drug-likeness (QED) is 0.684. The van der Waals surface area contributed by atoms with Gasteiger partial charge in [0.25, 0.3) is 5.69 Å². The smallest absolute Gasteiger partial charge is 0.296 e. The number of benzene rings is 1. The molecule has 0 saturated heterocycles. The first-order valence-electron chi connectivity index (χ1n) is 4.25. The summed E-state index contributed by atoms with van der Waals surface area (Å²) >= 11 is 3.18. The molecule has 1 amide bonds. The number of methoxy groups -OCH3 is 1. The number of nitro benzene ring substituents is 1. The Bertz CT molecular complexity index is 447. The van der Waals surface area contributed by atoms with Crippen molar-refractivity contribution in [3.8, 4) is 5.75 Å². The second-order valence-corrected chi connectivity index (χ2v) is 3.80. The van der Waals surface area contributed by atoms with Gasteiger partial charge in [0, 0.05) is 6.92 Å². The first kappa shape index (κ1) is 12.4. The van der Waals surface area contributed by atoms with Crippen molar-refractivity contribution >= 4 is 33.2 Å². The van der Waals surface area contributed by atoms with E-state index < -0.39 is 4.92 Å². The molecule has 7 heteroatoms. The summed E-state index contributed by atoms with van der Waals surface area (Å²) in [4.78, 5) is 21.1. The van der Waals surface area contributed by atoms with E-state index in [2.05, 4.69) is 21.2 Å². The molecule has 0 aromatic heterocycles. The summed E-state index contributed by atoms with van der Waals surface area (Å²) in [5, 5.41) is 13.1. The maximum atomic E-state index is 10.9. The number of anilines is 1. The van der Waals surface area contributed by atoms with Crippen LogP contribution in [-0.2, 0) is 4.79 Å². The number of nitrogens with zero attached hydrogens (tertiary/aromatic N) is 1. The lowest BCUT2D eigenvalue weighted by Gasteiger charge is -2.07. The topological polar surface area (TPSA) is 81.5 Å². The number of carbonyl (C=O) groups excluding carboxylic acids is 1. The number of halogens is 1. The van der Waals surface area contributed by atoms with E-state index in [1.807, 2.05) is 0 Å². The number of ether oxygens (including phenoxy) is 1. The molecule has 0 radical (unpaired) electrons. The molecule has 0 bridgehead atoms. The van der Waals surface area contributed by atoms with Gasteiger partial charge in [-0.1, -0.05) is 0 Å². The number of hydrogen-bond donors (Lipinski definition) is 1. The predicted octanol–water partition coefficient (Wildman–Crippen LogP) is 2.32. The number of hydrogen-bond acceptors (Lipinski definition) is 4. The minimum Gasteiger partial charge on any atom is -0.495 e. The van der Waals surface area contributed by atoms with Gasteiger partial charge in [0.2, 0.25) is 5.91 Å². The Hall–Kier alpha value is -1.63. The van der Waals surface area contributed by atoms with E-state index >= 15 is 0 Å². The van der Waals surface area contributed by atoms with Crippen LogP contribution in [0.15, 0.2) is 16.6 Å². The zero-order valence-corrected chi connectivity index (χ0v) is 10.2. The van der Waals surface area contributed by atoms with Crippen molar-refractivity contribution in [2.75, 3.05) is 12.4 Å². The predicted molar refractivity (Wildman–Crippen MR) is 61.7 cm³/mol. The van der Waals surface area contributed by atoms with Crippen molar-refractivity contribution in [1.82, 2.24) is 0 Å². The number of carbonyl (C=O) groups is 1. The summed E-state index contributed by atoms with van der Waals surface area (Å²) in [5.41, 5.74) is -0.0829. The normalized spacial score (nSPS) is 9.69. The van der Waals surface area contributed by atoms with Crippen LogP contribution in [0.1, 0.15) is 6.92 Å². The maximum Gasteiger partial charge on any atom is 0.296 e. The van der Waals surface area contributed by atoms with Gasteiger partial charge in [-0.3, -0.25) is 14.9 Å². The summed E-state index contributed by atoms with van der Waals surface area (Å²) in [6.45, 7) is 1.28. The third-order valence-corrected chi connectivity index (χ3v) is 2.40. The minimum absolute atomic E-state index is 0.130. The molecular formula is C9H9BrN2O4. The molecule has 0 atom stereocenters. The Balaban J connectivity index is 3.30. The molecule has 86 valence electrons. The lowest BCUT2D eigenvalue weighted by molar-refractivity contribution is -0.384. The fourth-order valence-corrected chi connectivity index (χ4v) is 1.65. The van der Waals surface area contributed by atoms with Crippen LogP contribution in [0.5, 0.6) is 5.75 Å². The molecule has 0 unspecified atom stereocenters. The summed E-state index contributed by atoms with van der Waals surface area (Å²) in [6, 6.07) is 2.67.